The van der Waals surface area contributed by atoms with Gasteiger partial charge in [-0.15, -0.1) is 5.10 Å². The van der Waals surface area contributed by atoms with E-state index in [9.17, 15) is 9.59 Å². The Labute approximate surface area is 123 Å². The summed E-state index contributed by atoms with van der Waals surface area (Å²) >= 11 is -0.472. The number of nitrogens with two attached hydrogens (primary N) is 3. The van der Waals surface area contributed by atoms with Crippen LogP contribution in [0.4, 0.5) is 0 Å². The van der Waals surface area contributed by atoms with Crippen molar-refractivity contribution in [2.45, 2.75) is 0 Å². The maximum Gasteiger partial charge on any atom is -0.693 e. The Bertz CT molecular complexity index is 598. The van der Waals surface area contributed by atoms with Gasteiger partial charge in [0.05, 0.1) is 0 Å². The second-order valence-electron chi connectivity index (χ2n) is 2.69. The number of rotatable bonds is 1. The van der Waals surface area contributed by atoms with Gasteiger partial charge in [-0.1, -0.05) is 5.21 Å². The predicted octanol–water partition coefficient (Wildman–Crippen LogP) is 0.733. The zero-order valence-corrected chi connectivity index (χ0v) is 13.2. The van der Waals surface area contributed by atoms with Crippen molar-refractivity contribution >= 4 is 30.4 Å². The van der Waals surface area contributed by atoms with Crippen LogP contribution in [-0.4, -0.2) is 30.3 Å². The zero-order valence-electron chi connectivity index (χ0n) is 9.43. The van der Waals surface area contributed by atoms with Crippen LogP contribution in [-0.2, 0) is 23.5 Å². The van der Waals surface area contributed by atoms with Crippen LogP contribution in [0.2, 0.25) is 0 Å². The van der Waals surface area contributed by atoms with Gasteiger partial charge in [-0.3, -0.25) is 4.79 Å². The monoisotopic (exact) mass is 491 g/mol. The van der Waals surface area contributed by atoms with Crippen molar-refractivity contribution in [2.75, 3.05) is 0 Å². The molecule has 2 aromatic heterocycles. The van der Waals surface area contributed by atoms with E-state index in [4.69, 9.17) is 24.6 Å². The molecular formula is C6H10Cl2N8O2Pt. The van der Waals surface area contributed by atoms with Gasteiger partial charge in [0.1, 0.15) is 6.33 Å². The molecular weight excluding hydrogens is 482 g/mol. The third kappa shape index (κ3) is 4.51. The Kier molecular flexibility index (Phi) is 9.53. The van der Waals surface area contributed by atoms with E-state index in [1.165, 1.54) is 13.4 Å². The minimum atomic E-state index is -0.741. The number of aromatic nitrogens is 5. The van der Waals surface area contributed by atoms with Crippen molar-refractivity contribution in [3.05, 3.63) is 34.8 Å². The molecule has 110 valence electrons. The SMILES string of the molecule is Cn1nnc2c(C(N)=O)ncn2c1=O.[Cl][Pt+2][Cl].[NH2-].[NH2-]. The summed E-state index contributed by atoms with van der Waals surface area (Å²) in [5.74, 6) is -0.741. The zero-order chi connectivity index (χ0) is 13.0. The van der Waals surface area contributed by atoms with Gasteiger partial charge < -0.3 is 18.0 Å². The second kappa shape index (κ2) is 8.94. The van der Waals surface area contributed by atoms with Crippen LogP contribution < -0.4 is 11.4 Å². The van der Waals surface area contributed by atoms with Crippen LogP contribution in [0.1, 0.15) is 10.5 Å². The Morgan fingerprint density at radius 2 is 1.95 bits per heavy atom. The van der Waals surface area contributed by atoms with E-state index in [0.29, 0.717) is 0 Å². The van der Waals surface area contributed by atoms with Crippen molar-refractivity contribution in [3.63, 3.8) is 0 Å². The van der Waals surface area contributed by atoms with Crippen LogP contribution in [0.25, 0.3) is 17.9 Å². The van der Waals surface area contributed by atoms with Crippen molar-refractivity contribution < 1.29 is 21.3 Å². The van der Waals surface area contributed by atoms with Crippen LogP contribution >= 0.6 is 18.8 Å². The molecule has 0 fully saturated rings. The van der Waals surface area contributed by atoms with Crippen molar-refractivity contribution in [1.29, 1.82) is 0 Å². The van der Waals surface area contributed by atoms with E-state index >= 15 is 0 Å². The summed E-state index contributed by atoms with van der Waals surface area (Å²) in [4.78, 5) is 25.9. The van der Waals surface area contributed by atoms with Crippen LogP contribution in [0.15, 0.2) is 11.1 Å². The fourth-order valence-electron chi connectivity index (χ4n) is 1.05. The Balaban J connectivity index is 0. The third-order valence-corrected chi connectivity index (χ3v) is 1.73. The summed E-state index contributed by atoms with van der Waals surface area (Å²) < 4.78 is 2.13. The summed E-state index contributed by atoms with van der Waals surface area (Å²) in [6, 6.07) is 0. The van der Waals surface area contributed by atoms with Crippen LogP contribution in [0, 0.1) is 0 Å². The van der Waals surface area contributed by atoms with E-state index in [2.05, 4.69) is 15.3 Å². The largest absolute Gasteiger partial charge is 0.693 e. The van der Waals surface area contributed by atoms with E-state index in [0.717, 1.165) is 9.08 Å². The maximum atomic E-state index is 11.4. The Morgan fingerprint density at radius 3 is 2.42 bits per heavy atom. The number of carbonyl (C=O) groups is 1. The van der Waals surface area contributed by atoms with E-state index in [1.807, 2.05) is 0 Å². The molecule has 1 amide bonds. The van der Waals surface area contributed by atoms with Crippen molar-refractivity contribution in [2.24, 2.45) is 12.8 Å². The molecule has 0 spiro atoms. The molecule has 2 rings (SSSR count). The van der Waals surface area contributed by atoms with Crippen LogP contribution in [0.3, 0.4) is 0 Å². The fourth-order valence-corrected chi connectivity index (χ4v) is 1.05. The number of aryl methyl sites for hydroxylation is 1. The Hall–Kier alpha value is -1.06. The van der Waals surface area contributed by atoms with Crippen LogP contribution in [0.5, 0.6) is 0 Å². The number of imidazole rings is 1. The van der Waals surface area contributed by atoms with Gasteiger partial charge in [-0.05, 0) is 0 Å². The third-order valence-electron chi connectivity index (χ3n) is 1.73. The number of primary amides is 1. The number of amides is 1. The number of hydrogen-bond donors (Lipinski definition) is 1. The first-order valence-electron chi connectivity index (χ1n) is 3.92. The Morgan fingerprint density at radius 1 is 1.42 bits per heavy atom. The molecule has 2 aromatic rings. The molecule has 0 saturated heterocycles. The summed E-state index contributed by atoms with van der Waals surface area (Å²) in [7, 11) is 11.2. The molecule has 6 N–H and O–H groups in total. The molecule has 0 aromatic carbocycles. The first-order valence-corrected chi connectivity index (χ1v) is 9.55. The number of hydrogen-bond acceptors (Lipinski definition) is 5. The molecule has 0 bridgehead atoms. The summed E-state index contributed by atoms with van der Waals surface area (Å²) in [5, 5.41) is 7.14. The number of nitrogens with zero attached hydrogens (tertiary/aromatic N) is 5. The number of halogens is 2. The fraction of sp³-hybridized carbons (Fsp3) is 0.167. The minimum Gasteiger partial charge on any atom is -0.693 e. The van der Waals surface area contributed by atoms with Gasteiger partial charge in [0.15, 0.2) is 11.3 Å². The van der Waals surface area contributed by atoms with E-state index in [-0.39, 0.29) is 23.6 Å². The molecule has 0 unspecified atom stereocenters. The predicted molar refractivity (Wildman–Crippen MR) is 66.8 cm³/mol. The van der Waals surface area contributed by atoms with Crippen molar-refractivity contribution in [3.8, 4) is 0 Å². The smallest absolute Gasteiger partial charge is 0.693 e. The molecule has 19 heavy (non-hydrogen) atoms. The molecule has 0 radical (unpaired) electrons. The van der Waals surface area contributed by atoms with E-state index in [1.54, 1.807) is 0 Å². The van der Waals surface area contributed by atoms with Gasteiger partial charge in [0.2, 0.25) is 0 Å². The summed E-state index contributed by atoms with van der Waals surface area (Å²) in [6.07, 6.45) is 1.19. The molecule has 0 atom stereocenters. The molecule has 0 aliphatic carbocycles. The average molecular weight is 492 g/mol. The topological polar surface area (TPSA) is 175 Å². The number of fused-ring (bicyclic) bond motifs is 1. The normalized spacial score (nSPS) is 9.00. The maximum absolute atomic E-state index is 11.4. The van der Waals surface area contributed by atoms with Gasteiger partial charge in [0.25, 0.3) is 5.91 Å². The van der Waals surface area contributed by atoms with Gasteiger partial charge >= 0.3 is 41.0 Å². The molecule has 10 nitrogen and oxygen atoms in total. The quantitative estimate of drug-likeness (QED) is 0.617. The first-order chi connectivity index (χ1) is 8.02. The second-order valence-corrected chi connectivity index (χ2v) is 5.97. The average Bonchev–Trinajstić information content (AvgIpc) is 2.69. The van der Waals surface area contributed by atoms with Crippen molar-refractivity contribution in [1.82, 2.24) is 24.4 Å². The number of carbonyl (C=O) groups excluding carboxylic acids is 1. The molecule has 2 heterocycles. The van der Waals surface area contributed by atoms with Gasteiger partial charge in [-0.2, -0.15) is 4.68 Å². The standard InChI is InChI=1S/C6H6N6O2.2ClH.2H2N.Pt/c1-11-6(14)12-2-8-3(4(7)13)5(12)9-10-11;;;;;/h2H,1H3,(H2,7,13);2*1H;2*1H2;/q;;;2*-1;+4/p-2. The first kappa shape index (κ1) is 20.3. The minimum absolute atomic E-state index is 0. The summed E-state index contributed by atoms with van der Waals surface area (Å²) in [5.41, 5.74) is 4.60. The van der Waals surface area contributed by atoms with Gasteiger partial charge in [-0.25, -0.2) is 14.2 Å². The molecule has 13 heteroatoms. The summed E-state index contributed by atoms with van der Waals surface area (Å²) in [6.45, 7) is 0. The van der Waals surface area contributed by atoms with E-state index < -0.39 is 28.1 Å². The molecule has 0 aliphatic heterocycles. The molecule has 0 aliphatic rings. The van der Waals surface area contributed by atoms with Gasteiger partial charge in [0, 0.05) is 7.05 Å². The molecule has 0 saturated carbocycles.